The molecule has 2 aromatic rings. The van der Waals surface area contributed by atoms with E-state index in [4.69, 9.17) is 14.2 Å². The van der Waals surface area contributed by atoms with Crippen molar-refractivity contribution in [3.63, 3.8) is 0 Å². The van der Waals surface area contributed by atoms with Crippen LogP contribution in [0.4, 0.5) is 13.2 Å². The minimum absolute atomic E-state index is 0.0663. The SMILES string of the molecule is COc1cc(OS(=O)(=O)C(F)(F)F)cc2c(OC(C)C)cc(C(C)=O)c(OC)c12. The van der Waals surface area contributed by atoms with Gasteiger partial charge in [-0.3, -0.25) is 4.79 Å². The van der Waals surface area contributed by atoms with Gasteiger partial charge in [0.25, 0.3) is 0 Å². The zero-order chi connectivity index (χ0) is 22.1. The van der Waals surface area contributed by atoms with Crippen LogP contribution in [0.1, 0.15) is 31.1 Å². The van der Waals surface area contributed by atoms with E-state index in [1.165, 1.54) is 27.2 Å². The van der Waals surface area contributed by atoms with E-state index in [2.05, 4.69) is 4.18 Å². The molecule has 29 heavy (non-hydrogen) atoms. The second-order valence-electron chi connectivity index (χ2n) is 6.21. The molecule has 2 rings (SSSR count). The van der Waals surface area contributed by atoms with E-state index in [-0.39, 0.29) is 45.5 Å². The molecule has 0 aromatic heterocycles. The molecular formula is C18H19F3O7S. The quantitative estimate of drug-likeness (QED) is 0.367. The van der Waals surface area contributed by atoms with Gasteiger partial charge in [0, 0.05) is 11.5 Å². The van der Waals surface area contributed by atoms with Crippen LogP contribution in [-0.4, -0.2) is 40.0 Å². The molecular weight excluding hydrogens is 417 g/mol. The minimum atomic E-state index is -5.90. The Labute approximate surface area is 165 Å². The average molecular weight is 436 g/mol. The number of ketones is 1. The highest BCUT2D eigenvalue weighted by molar-refractivity contribution is 7.88. The van der Waals surface area contributed by atoms with E-state index < -0.39 is 21.4 Å². The summed E-state index contributed by atoms with van der Waals surface area (Å²) < 4.78 is 81.3. The standard InChI is InChI=1S/C18H19F3O7S/c1-9(2)27-14-8-12(10(3)22)17(26-5)16-13(14)6-11(7-15(16)25-4)28-29(23,24)18(19,20)21/h6-9H,1-5H3. The Morgan fingerprint density at radius 1 is 1.03 bits per heavy atom. The molecule has 0 fully saturated rings. The minimum Gasteiger partial charge on any atom is -0.496 e. The molecule has 0 saturated carbocycles. The zero-order valence-corrected chi connectivity index (χ0v) is 17.0. The Morgan fingerprint density at radius 3 is 2.10 bits per heavy atom. The highest BCUT2D eigenvalue weighted by Gasteiger charge is 2.48. The molecule has 0 unspecified atom stereocenters. The summed E-state index contributed by atoms with van der Waals surface area (Å²) in [6.45, 7) is 4.72. The maximum absolute atomic E-state index is 12.7. The summed E-state index contributed by atoms with van der Waals surface area (Å²) in [5, 5.41) is 0.363. The summed E-state index contributed by atoms with van der Waals surface area (Å²) in [5.74, 6) is -0.833. The van der Waals surface area contributed by atoms with Crippen LogP contribution in [0.15, 0.2) is 18.2 Å². The number of alkyl halides is 3. The summed E-state index contributed by atoms with van der Waals surface area (Å²) in [4.78, 5) is 12.1. The largest absolute Gasteiger partial charge is 0.534 e. The van der Waals surface area contributed by atoms with Gasteiger partial charge in [0.15, 0.2) is 5.78 Å². The first-order chi connectivity index (χ1) is 13.3. The molecule has 0 spiro atoms. The fraction of sp³-hybridized carbons (Fsp3) is 0.389. The van der Waals surface area contributed by atoms with Gasteiger partial charge in [-0.1, -0.05) is 0 Å². The molecule has 160 valence electrons. The van der Waals surface area contributed by atoms with Crippen molar-refractivity contribution < 1.29 is 44.8 Å². The Hall–Kier alpha value is -2.69. The van der Waals surface area contributed by atoms with E-state index in [0.717, 1.165) is 12.1 Å². The first kappa shape index (κ1) is 22.6. The third kappa shape index (κ3) is 4.50. The summed E-state index contributed by atoms with van der Waals surface area (Å²) in [6.07, 6.45) is -0.360. The van der Waals surface area contributed by atoms with Crippen molar-refractivity contribution in [2.45, 2.75) is 32.4 Å². The van der Waals surface area contributed by atoms with Gasteiger partial charge in [-0.15, -0.1) is 0 Å². The molecule has 0 bridgehead atoms. The molecule has 0 radical (unpaired) electrons. The molecule has 2 aromatic carbocycles. The molecule has 0 amide bonds. The van der Waals surface area contributed by atoms with Crippen LogP contribution < -0.4 is 18.4 Å². The number of carbonyl (C=O) groups excluding carboxylic acids is 1. The second-order valence-corrected chi connectivity index (χ2v) is 7.75. The first-order valence-corrected chi connectivity index (χ1v) is 9.64. The van der Waals surface area contributed by atoms with Crippen LogP contribution in [-0.2, 0) is 10.1 Å². The van der Waals surface area contributed by atoms with Gasteiger partial charge in [0.2, 0.25) is 0 Å². The zero-order valence-electron chi connectivity index (χ0n) is 16.2. The van der Waals surface area contributed by atoms with Gasteiger partial charge < -0.3 is 18.4 Å². The van der Waals surface area contributed by atoms with Gasteiger partial charge >= 0.3 is 15.6 Å². The number of Topliss-reactive ketones (excluding diaryl/α,β-unsaturated/α-hetero) is 1. The van der Waals surface area contributed by atoms with E-state index in [0.29, 0.717) is 0 Å². The number of rotatable bonds is 7. The number of hydrogen-bond donors (Lipinski definition) is 0. The van der Waals surface area contributed by atoms with Crippen LogP contribution in [0, 0.1) is 0 Å². The van der Waals surface area contributed by atoms with Crippen molar-refractivity contribution in [3.05, 3.63) is 23.8 Å². The molecule has 7 nitrogen and oxygen atoms in total. The van der Waals surface area contributed by atoms with Crippen LogP contribution in [0.2, 0.25) is 0 Å². The van der Waals surface area contributed by atoms with Crippen molar-refractivity contribution in [1.82, 2.24) is 0 Å². The highest BCUT2D eigenvalue weighted by atomic mass is 32.2. The van der Waals surface area contributed by atoms with Gasteiger partial charge in [-0.25, -0.2) is 0 Å². The maximum Gasteiger partial charge on any atom is 0.534 e. The van der Waals surface area contributed by atoms with Crippen LogP contribution in [0.25, 0.3) is 10.8 Å². The van der Waals surface area contributed by atoms with Crippen molar-refractivity contribution in [2.24, 2.45) is 0 Å². The van der Waals surface area contributed by atoms with Crippen molar-refractivity contribution in [3.8, 4) is 23.0 Å². The molecule has 0 aliphatic carbocycles. The molecule has 0 saturated heterocycles. The fourth-order valence-corrected chi connectivity index (χ4v) is 3.08. The van der Waals surface area contributed by atoms with Crippen molar-refractivity contribution in [1.29, 1.82) is 0 Å². The predicted octanol–water partition coefficient (Wildman–Crippen LogP) is 4.08. The van der Waals surface area contributed by atoms with E-state index in [1.807, 2.05) is 0 Å². The Bertz CT molecular complexity index is 1040. The fourth-order valence-electron chi connectivity index (χ4n) is 2.64. The second kappa shape index (κ2) is 7.97. The number of methoxy groups -OCH3 is 2. The predicted molar refractivity (Wildman–Crippen MR) is 98.4 cm³/mol. The lowest BCUT2D eigenvalue weighted by molar-refractivity contribution is -0.0500. The van der Waals surface area contributed by atoms with E-state index in [9.17, 15) is 26.4 Å². The average Bonchev–Trinajstić information content (AvgIpc) is 2.59. The maximum atomic E-state index is 12.7. The summed E-state index contributed by atoms with van der Waals surface area (Å²) in [5.41, 5.74) is -5.45. The highest BCUT2D eigenvalue weighted by Crippen LogP contribution is 2.45. The number of ether oxygens (including phenoxy) is 3. The summed E-state index contributed by atoms with van der Waals surface area (Å²) in [7, 11) is -3.37. The number of carbonyl (C=O) groups is 1. The normalized spacial score (nSPS) is 12.2. The number of benzene rings is 2. The van der Waals surface area contributed by atoms with Gasteiger partial charge in [0.1, 0.15) is 23.0 Å². The monoisotopic (exact) mass is 436 g/mol. The number of hydrogen-bond acceptors (Lipinski definition) is 7. The van der Waals surface area contributed by atoms with Gasteiger partial charge in [0.05, 0.1) is 31.3 Å². The first-order valence-electron chi connectivity index (χ1n) is 8.23. The summed E-state index contributed by atoms with van der Waals surface area (Å²) >= 11 is 0. The molecule has 0 aliphatic heterocycles. The third-order valence-corrected chi connectivity index (χ3v) is 4.72. The van der Waals surface area contributed by atoms with Crippen LogP contribution in [0.3, 0.4) is 0 Å². The Morgan fingerprint density at radius 2 is 1.66 bits per heavy atom. The molecule has 0 heterocycles. The third-order valence-electron chi connectivity index (χ3n) is 3.74. The van der Waals surface area contributed by atoms with Crippen molar-refractivity contribution in [2.75, 3.05) is 14.2 Å². The van der Waals surface area contributed by atoms with E-state index in [1.54, 1.807) is 13.8 Å². The lowest BCUT2D eigenvalue weighted by atomic mass is 10.0. The Kier molecular flexibility index (Phi) is 6.21. The van der Waals surface area contributed by atoms with E-state index >= 15 is 0 Å². The van der Waals surface area contributed by atoms with Gasteiger partial charge in [-0.2, -0.15) is 21.6 Å². The number of fused-ring (bicyclic) bond motifs is 1. The van der Waals surface area contributed by atoms with Crippen molar-refractivity contribution >= 4 is 26.7 Å². The summed E-state index contributed by atoms with van der Waals surface area (Å²) in [6, 6.07) is 3.37. The number of halogens is 3. The molecule has 0 N–H and O–H groups in total. The van der Waals surface area contributed by atoms with Crippen LogP contribution in [0.5, 0.6) is 23.0 Å². The lowest BCUT2D eigenvalue weighted by Gasteiger charge is -2.19. The smallest absolute Gasteiger partial charge is 0.496 e. The molecule has 0 atom stereocenters. The topological polar surface area (TPSA) is 88.1 Å². The molecule has 0 aliphatic rings. The lowest BCUT2D eigenvalue weighted by Crippen LogP contribution is -2.28. The van der Waals surface area contributed by atoms with Gasteiger partial charge in [-0.05, 0) is 32.9 Å². The molecule has 11 heteroatoms. The van der Waals surface area contributed by atoms with Crippen LogP contribution >= 0.6 is 0 Å². The Balaban J connectivity index is 2.88.